The van der Waals surface area contributed by atoms with Crippen molar-refractivity contribution in [3.8, 4) is 0 Å². The minimum absolute atomic E-state index is 0.685. The predicted molar refractivity (Wildman–Crippen MR) is 85.4 cm³/mol. The molecule has 0 bridgehead atoms. The first-order chi connectivity index (χ1) is 9.17. The molecule has 2 nitrogen and oxygen atoms in total. The molecule has 0 aliphatic carbocycles. The largest absolute Gasteiger partial charge is 0.329 e. The first-order valence-corrected chi connectivity index (χ1v) is 7.83. The highest BCUT2D eigenvalue weighted by molar-refractivity contribution is 7.71. The van der Waals surface area contributed by atoms with Gasteiger partial charge in [0.15, 0.2) is 4.77 Å². The molecule has 0 fully saturated rings. The highest BCUT2D eigenvalue weighted by Crippen LogP contribution is 2.24. The number of hydrogen-bond donors (Lipinski definition) is 1. The summed E-state index contributed by atoms with van der Waals surface area (Å²) >= 11 is 11.6. The Bertz CT molecular complexity index is 600. The molecule has 1 atom stereocenters. The van der Waals surface area contributed by atoms with E-state index in [-0.39, 0.29) is 0 Å². The van der Waals surface area contributed by atoms with Crippen molar-refractivity contribution in [1.29, 1.82) is 0 Å². The van der Waals surface area contributed by atoms with Crippen LogP contribution in [-0.4, -0.2) is 9.55 Å². The van der Waals surface area contributed by atoms with Gasteiger partial charge in [-0.1, -0.05) is 50.8 Å². The zero-order valence-corrected chi connectivity index (χ0v) is 13.2. The van der Waals surface area contributed by atoms with E-state index in [0.717, 1.165) is 27.4 Å². The van der Waals surface area contributed by atoms with Gasteiger partial charge >= 0.3 is 0 Å². The van der Waals surface area contributed by atoms with E-state index >= 15 is 0 Å². The lowest BCUT2D eigenvalue weighted by atomic mass is 9.99. The molecule has 2 rings (SSSR count). The van der Waals surface area contributed by atoms with Crippen LogP contribution < -0.4 is 0 Å². The Balaban J connectivity index is 2.31. The van der Waals surface area contributed by atoms with Gasteiger partial charge in [-0.05, 0) is 36.7 Å². The summed E-state index contributed by atoms with van der Waals surface area (Å²) < 4.78 is 2.97. The maximum absolute atomic E-state index is 6.21. The number of hydrogen-bond acceptors (Lipinski definition) is 1. The van der Waals surface area contributed by atoms with E-state index in [4.69, 9.17) is 23.8 Å². The minimum atomic E-state index is 0.685. The van der Waals surface area contributed by atoms with Gasteiger partial charge < -0.3 is 9.55 Å². The Morgan fingerprint density at radius 1 is 1.37 bits per heavy atom. The number of nitrogens with one attached hydrogen (secondary N) is 1. The molecule has 2 aromatic rings. The van der Waals surface area contributed by atoms with Crippen molar-refractivity contribution in [2.45, 2.75) is 46.1 Å². The molecule has 4 heteroatoms. The van der Waals surface area contributed by atoms with Gasteiger partial charge in [0, 0.05) is 6.54 Å². The highest BCUT2D eigenvalue weighted by Gasteiger charge is 2.12. The lowest BCUT2D eigenvalue weighted by Gasteiger charge is -2.15. The summed E-state index contributed by atoms with van der Waals surface area (Å²) in [6.45, 7) is 5.48. The third kappa shape index (κ3) is 3.21. The Labute approximate surface area is 124 Å². The van der Waals surface area contributed by atoms with Gasteiger partial charge in [-0.3, -0.25) is 0 Å². The van der Waals surface area contributed by atoms with Gasteiger partial charge in [-0.25, -0.2) is 0 Å². The number of para-hydroxylation sites is 1. The molecule has 1 aromatic carbocycles. The number of rotatable bonds is 6. The number of nitrogens with zero attached hydrogens (tertiary/aromatic N) is 1. The molecule has 0 saturated heterocycles. The molecule has 0 amide bonds. The average molecular weight is 297 g/mol. The zero-order chi connectivity index (χ0) is 13.8. The van der Waals surface area contributed by atoms with E-state index in [0.29, 0.717) is 5.92 Å². The van der Waals surface area contributed by atoms with Crippen LogP contribution in [0.25, 0.3) is 11.0 Å². The van der Waals surface area contributed by atoms with Crippen LogP contribution in [0.5, 0.6) is 0 Å². The van der Waals surface area contributed by atoms with Crippen LogP contribution in [0.2, 0.25) is 5.02 Å². The molecule has 0 saturated carbocycles. The van der Waals surface area contributed by atoms with E-state index in [1.165, 1.54) is 25.7 Å². The Hall–Kier alpha value is -0.800. The first-order valence-electron chi connectivity index (χ1n) is 7.04. The van der Waals surface area contributed by atoms with Gasteiger partial charge in [0.25, 0.3) is 0 Å². The minimum Gasteiger partial charge on any atom is -0.329 e. The number of imidazole rings is 1. The average Bonchev–Trinajstić information content (AvgIpc) is 2.72. The van der Waals surface area contributed by atoms with Crippen LogP contribution in [0, 0.1) is 10.7 Å². The summed E-state index contributed by atoms with van der Waals surface area (Å²) in [6, 6.07) is 5.96. The molecular weight excluding hydrogens is 276 g/mol. The van der Waals surface area contributed by atoms with Crippen molar-refractivity contribution in [1.82, 2.24) is 9.55 Å². The third-order valence-electron chi connectivity index (χ3n) is 3.74. The summed E-state index contributed by atoms with van der Waals surface area (Å²) in [5.74, 6) is 0.685. The first kappa shape index (κ1) is 14.6. The molecule has 1 heterocycles. The van der Waals surface area contributed by atoms with E-state index in [9.17, 15) is 0 Å². The molecule has 0 radical (unpaired) electrons. The van der Waals surface area contributed by atoms with E-state index in [2.05, 4.69) is 29.5 Å². The van der Waals surface area contributed by atoms with Gasteiger partial charge in [0.1, 0.15) is 0 Å². The molecule has 0 spiro atoms. The summed E-state index contributed by atoms with van der Waals surface area (Å²) in [4.78, 5) is 3.23. The number of fused-ring (bicyclic) bond motifs is 1. The van der Waals surface area contributed by atoms with Gasteiger partial charge in [0.05, 0.1) is 16.1 Å². The van der Waals surface area contributed by atoms with Crippen molar-refractivity contribution in [2.24, 2.45) is 5.92 Å². The molecule has 1 N–H and O–H groups in total. The van der Waals surface area contributed by atoms with E-state index < -0.39 is 0 Å². The quantitative estimate of drug-likeness (QED) is 0.691. The lowest BCUT2D eigenvalue weighted by molar-refractivity contribution is 0.393. The summed E-state index contributed by atoms with van der Waals surface area (Å²) in [5, 5.41) is 0.740. The smallest absolute Gasteiger partial charge is 0.178 e. The summed E-state index contributed by atoms with van der Waals surface area (Å²) in [5.41, 5.74) is 2.08. The number of benzene rings is 1. The van der Waals surface area contributed by atoms with Crippen molar-refractivity contribution >= 4 is 34.9 Å². The molecule has 0 aliphatic heterocycles. The van der Waals surface area contributed by atoms with Crippen LogP contribution in [0.15, 0.2) is 18.2 Å². The van der Waals surface area contributed by atoms with Crippen LogP contribution in [0.4, 0.5) is 0 Å². The Morgan fingerprint density at radius 2 is 2.16 bits per heavy atom. The van der Waals surface area contributed by atoms with Crippen LogP contribution in [0.3, 0.4) is 0 Å². The fourth-order valence-corrected chi connectivity index (χ4v) is 2.99. The van der Waals surface area contributed by atoms with Crippen molar-refractivity contribution in [3.05, 3.63) is 28.0 Å². The standard InChI is InChI=1S/C15H21ClN2S/c1-3-5-7-11(4-2)10-18-13-9-6-8-12(16)14(13)17-15(18)19/h6,8-9,11H,3-5,7,10H2,1-2H3,(H,17,19). The second kappa shape index (κ2) is 6.58. The maximum Gasteiger partial charge on any atom is 0.178 e. The number of unbranched alkanes of at least 4 members (excludes halogenated alkanes) is 1. The van der Waals surface area contributed by atoms with Crippen LogP contribution in [0.1, 0.15) is 39.5 Å². The molecule has 19 heavy (non-hydrogen) atoms. The van der Waals surface area contributed by atoms with E-state index in [1.807, 2.05) is 12.1 Å². The summed E-state index contributed by atoms with van der Waals surface area (Å²) in [7, 11) is 0. The molecule has 1 unspecified atom stereocenters. The van der Waals surface area contributed by atoms with E-state index in [1.54, 1.807) is 0 Å². The molecule has 0 aliphatic rings. The number of H-pyrrole nitrogens is 1. The molecule has 104 valence electrons. The molecule has 1 aromatic heterocycles. The second-order valence-corrected chi connectivity index (χ2v) is 5.89. The normalized spacial score (nSPS) is 13.0. The fraction of sp³-hybridized carbons (Fsp3) is 0.533. The van der Waals surface area contributed by atoms with Crippen molar-refractivity contribution < 1.29 is 0 Å². The van der Waals surface area contributed by atoms with Gasteiger partial charge in [-0.2, -0.15) is 0 Å². The number of halogens is 1. The Morgan fingerprint density at radius 3 is 2.84 bits per heavy atom. The van der Waals surface area contributed by atoms with Crippen molar-refractivity contribution in [2.75, 3.05) is 0 Å². The number of aromatic amines is 1. The van der Waals surface area contributed by atoms with Gasteiger partial charge in [0.2, 0.25) is 0 Å². The highest BCUT2D eigenvalue weighted by atomic mass is 35.5. The topological polar surface area (TPSA) is 20.7 Å². The number of aromatic nitrogens is 2. The second-order valence-electron chi connectivity index (χ2n) is 5.09. The van der Waals surface area contributed by atoms with Crippen molar-refractivity contribution in [3.63, 3.8) is 0 Å². The third-order valence-corrected chi connectivity index (χ3v) is 4.38. The van der Waals surface area contributed by atoms with Gasteiger partial charge in [-0.15, -0.1) is 0 Å². The predicted octanol–water partition coefficient (Wildman–Crippen LogP) is 5.57. The zero-order valence-electron chi connectivity index (χ0n) is 11.6. The molecular formula is C15H21ClN2S. The van der Waals surface area contributed by atoms with Crippen LogP contribution in [-0.2, 0) is 6.54 Å². The summed E-state index contributed by atoms with van der Waals surface area (Å²) in [6.07, 6.45) is 4.99. The SMILES string of the molecule is CCCCC(CC)Cn1c(=S)[nH]c2c(Cl)cccc21. The maximum atomic E-state index is 6.21. The van der Waals surface area contributed by atoms with Crippen LogP contribution >= 0.6 is 23.8 Å². The fourth-order valence-electron chi connectivity index (χ4n) is 2.50. The monoisotopic (exact) mass is 296 g/mol. The lowest BCUT2D eigenvalue weighted by Crippen LogP contribution is -2.10. The Kier molecular flexibility index (Phi) is 5.06.